The van der Waals surface area contributed by atoms with Crippen molar-refractivity contribution in [1.82, 2.24) is 24.9 Å². The molecule has 138 valence electrons. The molecule has 1 fully saturated rings. The van der Waals surface area contributed by atoms with Crippen molar-refractivity contribution in [3.63, 3.8) is 0 Å². The second kappa shape index (κ2) is 7.65. The first-order valence-electron chi connectivity index (χ1n) is 9.28. The molecule has 4 rings (SSSR count). The molecular weight excluding hydrogens is 338 g/mol. The molecule has 1 saturated heterocycles. The number of nitrogens with zero attached hydrogens (tertiary/aromatic N) is 7. The van der Waals surface area contributed by atoms with Gasteiger partial charge in [-0.2, -0.15) is 0 Å². The molecule has 27 heavy (non-hydrogen) atoms. The quantitative estimate of drug-likeness (QED) is 0.707. The summed E-state index contributed by atoms with van der Waals surface area (Å²) in [5.41, 5.74) is 1.71. The van der Waals surface area contributed by atoms with Gasteiger partial charge in [-0.1, -0.05) is 19.9 Å². The molecule has 1 aliphatic rings. The minimum Gasteiger partial charge on any atom is -0.353 e. The lowest BCUT2D eigenvalue weighted by molar-refractivity contribution is 0.630. The van der Waals surface area contributed by atoms with Crippen LogP contribution in [0.3, 0.4) is 0 Å². The van der Waals surface area contributed by atoms with Crippen molar-refractivity contribution < 1.29 is 0 Å². The Hall–Kier alpha value is -3.09. The molecule has 0 spiro atoms. The van der Waals surface area contributed by atoms with Crippen LogP contribution in [0.25, 0.3) is 11.4 Å². The van der Waals surface area contributed by atoms with Gasteiger partial charge >= 0.3 is 0 Å². The van der Waals surface area contributed by atoms with Crippen molar-refractivity contribution in [2.24, 2.45) is 0 Å². The molecule has 7 nitrogen and oxygen atoms in total. The summed E-state index contributed by atoms with van der Waals surface area (Å²) in [4.78, 5) is 27.1. The second-order valence-corrected chi connectivity index (χ2v) is 6.86. The number of pyridine rings is 1. The Bertz CT molecular complexity index is 890. The van der Waals surface area contributed by atoms with Gasteiger partial charge in [0, 0.05) is 50.7 Å². The third-order valence-electron chi connectivity index (χ3n) is 4.63. The van der Waals surface area contributed by atoms with Crippen LogP contribution in [0.1, 0.15) is 25.6 Å². The zero-order chi connectivity index (χ0) is 18.6. The summed E-state index contributed by atoms with van der Waals surface area (Å²) in [6.07, 6.45) is 5.44. The third-order valence-corrected chi connectivity index (χ3v) is 4.63. The molecule has 1 aliphatic heterocycles. The summed E-state index contributed by atoms with van der Waals surface area (Å²) in [5.74, 6) is 2.97. The van der Waals surface area contributed by atoms with Crippen LogP contribution in [-0.2, 0) is 0 Å². The van der Waals surface area contributed by atoms with Crippen molar-refractivity contribution >= 4 is 11.8 Å². The monoisotopic (exact) mass is 361 g/mol. The second-order valence-electron chi connectivity index (χ2n) is 6.86. The highest BCUT2D eigenvalue weighted by atomic mass is 15.3. The normalized spacial score (nSPS) is 14.6. The molecule has 0 aliphatic carbocycles. The lowest BCUT2D eigenvalue weighted by Crippen LogP contribution is -2.47. The SMILES string of the molecule is CC(C)c1nccc(N2CCN(c3nccc(-c4ccccn4)n3)CC2)n1. The summed E-state index contributed by atoms with van der Waals surface area (Å²) in [5, 5.41) is 0. The molecule has 0 amide bonds. The zero-order valence-electron chi connectivity index (χ0n) is 15.7. The number of anilines is 2. The van der Waals surface area contributed by atoms with Crippen molar-refractivity contribution in [3.05, 3.63) is 54.7 Å². The Morgan fingerprint density at radius 3 is 2.26 bits per heavy atom. The summed E-state index contributed by atoms with van der Waals surface area (Å²) in [6, 6.07) is 9.72. The lowest BCUT2D eigenvalue weighted by Gasteiger charge is -2.35. The van der Waals surface area contributed by atoms with Crippen molar-refractivity contribution in [3.8, 4) is 11.4 Å². The van der Waals surface area contributed by atoms with Crippen LogP contribution in [0.2, 0.25) is 0 Å². The average Bonchev–Trinajstić information content (AvgIpc) is 2.75. The minimum atomic E-state index is 0.328. The maximum atomic E-state index is 4.71. The molecule has 0 unspecified atom stereocenters. The molecule has 0 atom stereocenters. The highest BCUT2D eigenvalue weighted by Gasteiger charge is 2.21. The predicted molar refractivity (Wildman–Crippen MR) is 106 cm³/mol. The van der Waals surface area contributed by atoms with E-state index in [0.717, 1.165) is 55.2 Å². The summed E-state index contributed by atoms with van der Waals surface area (Å²) >= 11 is 0. The first-order chi connectivity index (χ1) is 13.2. The van der Waals surface area contributed by atoms with E-state index in [0.29, 0.717) is 5.92 Å². The Kier molecular flexibility index (Phi) is 4.91. The van der Waals surface area contributed by atoms with Gasteiger partial charge < -0.3 is 9.80 Å². The van der Waals surface area contributed by atoms with E-state index in [1.54, 1.807) is 12.4 Å². The molecule has 0 saturated carbocycles. The van der Waals surface area contributed by atoms with Gasteiger partial charge in [-0.15, -0.1) is 0 Å². The number of hydrogen-bond donors (Lipinski definition) is 0. The van der Waals surface area contributed by atoms with Gasteiger partial charge in [0.15, 0.2) is 0 Å². The van der Waals surface area contributed by atoms with E-state index in [-0.39, 0.29) is 0 Å². The van der Waals surface area contributed by atoms with E-state index in [4.69, 9.17) is 9.97 Å². The van der Waals surface area contributed by atoms with Crippen LogP contribution in [0.15, 0.2) is 48.9 Å². The Balaban J connectivity index is 1.46. The molecule has 0 radical (unpaired) electrons. The summed E-state index contributed by atoms with van der Waals surface area (Å²) in [7, 11) is 0. The molecular formula is C20H23N7. The molecule has 3 aromatic heterocycles. The highest BCUT2D eigenvalue weighted by molar-refractivity contribution is 5.55. The minimum absolute atomic E-state index is 0.328. The van der Waals surface area contributed by atoms with Crippen LogP contribution in [-0.4, -0.2) is 51.1 Å². The van der Waals surface area contributed by atoms with Crippen molar-refractivity contribution in [1.29, 1.82) is 0 Å². The maximum Gasteiger partial charge on any atom is 0.226 e. The third kappa shape index (κ3) is 3.86. The van der Waals surface area contributed by atoms with Crippen LogP contribution in [0.4, 0.5) is 11.8 Å². The van der Waals surface area contributed by atoms with Crippen LogP contribution in [0, 0.1) is 0 Å². The van der Waals surface area contributed by atoms with Gasteiger partial charge in [0.2, 0.25) is 5.95 Å². The first kappa shape index (κ1) is 17.3. The predicted octanol–water partition coefficient (Wildman–Crippen LogP) is 2.78. The average molecular weight is 361 g/mol. The maximum absolute atomic E-state index is 4.71. The van der Waals surface area contributed by atoms with Gasteiger partial charge in [-0.05, 0) is 24.3 Å². The molecule has 0 bridgehead atoms. The van der Waals surface area contributed by atoms with Crippen LogP contribution in [0.5, 0.6) is 0 Å². The molecule has 7 heteroatoms. The molecule has 4 heterocycles. The van der Waals surface area contributed by atoms with Crippen molar-refractivity contribution in [2.75, 3.05) is 36.0 Å². The number of rotatable bonds is 4. The smallest absolute Gasteiger partial charge is 0.226 e. The molecule has 0 aromatic carbocycles. The van der Waals surface area contributed by atoms with Gasteiger partial charge in [-0.3, -0.25) is 4.98 Å². The first-order valence-corrected chi connectivity index (χ1v) is 9.28. The fraction of sp³-hybridized carbons (Fsp3) is 0.350. The zero-order valence-corrected chi connectivity index (χ0v) is 15.7. The van der Waals surface area contributed by atoms with Gasteiger partial charge in [0.05, 0.1) is 11.4 Å². The molecule has 0 N–H and O–H groups in total. The van der Waals surface area contributed by atoms with E-state index in [1.807, 2.05) is 36.5 Å². The van der Waals surface area contributed by atoms with Gasteiger partial charge in [0.25, 0.3) is 0 Å². The number of piperazine rings is 1. The van der Waals surface area contributed by atoms with Crippen LogP contribution < -0.4 is 9.80 Å². The Labute approximate surface area is 159 Å². The summed E-state index contributed by atoms with van der Waals surface area (Å²) in [6.45, 7) is 7.70. The Morgan fingerprint density at radius 1 is 0.741 bits per heavy atom. The lowest BCUT2D eigenvalue weighted by atomic mass is 10.2. The highest BCUT2D eigenvalue weighted by Crippen LogP contribution is 2.20. The van der Waals surface area contributed by atoms with E-state index in [1.165, 1.54) is 0 Å². The van der Waals surface area contributed by atoms with E-state index in [2.05, 4.69) is 38.6 Å². The largest absolute Gasteiger partial charge is 0.353 e. The summed E-state index contributed by atoms with van der Waals surface area (Å²) < 4.78 is 0. The van der Waals surface area contributed by atoms with Crippen LogP contribution >= 0.6 is 0 Å². The van der Waals surface area contributed by atoms with Gasteiger partial charge in [-0.25, -0.2) is 19.9 Å². The van der Waals surface area contributed by atoms with Gasteiger partial charge in [0.1, 0.15) is 11.6 Å². The van der Waals surface area contributed by atoms with E-state index in [9.17, 15) is 0 Å². The fourth-order valence-electron chi connectivity index (χ4n) is 3.11. The molecule has 3 aromatic rings. The standard InChI is InChI=1S/C20H23N7/c1-15(2)19-22-10-7-18(25-19)26-11-13-27(14-12-26)20-23-9-6-17(24-20)16-5-3-4-8-21-16/h3-10,15H,11-14H2,1-2H3. The number of aromatic nitrogens is 5. The topological polar surface area (TPSA) is 70.9 Å². The van der Waals surface area contributed by atoms with E-state index >= 15 is 0 Å². The van der Waals surface area contributed by atoms with Crippen molar-refractivity contribution in [2.45, 2.75) is 19.8 Å². The number of hydrogen-bond acceptors (Lipinski definition) is 7. The van der Waals surface area contributed by atoms with E-state index < -0.39 is 0 Å². The fourth-order valence-corrected chi connectivity index (χ4v) is 3.11. The Morgan fingerprint density at radius 2 is 1.52 bits per heavy atom.